The molecule has 5 nitrogen and oxygen atoms in total. The molecule has 0 aliphatic carbocycles. The highest BCUT2D eigenvalue weighted by atomic mass is 35.5. The van der Waals surface area contributed by atoms with Gasteiger partial charge in [-0.2, -0.15) is 0 Å². The third kappa shape index (κ3) is 2.94. The summed E-state index contributed by atoms with van der Waals surface area (Å²) in [7, 11) is 1.53. The Labute approximate surface area is 132 Å². The molecule has 0 spiro atoms. The quantitative estimate of drug-likeness (QED) is 0.941. The maximum atomic E-state index is 12.1. The van der Waals surface area contributed by atoms with E-state index >= 15 is 0 Å². The maximum Gasteiger partial charge on any atom is 0.251 e. The van der Waals surface area contributed by atoms with Gasteiger partial charge in [0.1, 0.15) is 5.75 Å². The Morgan fingerprint density at radius 2 is 2.05 bits per heavy atom. The SMILES string of the molecule is COc1ccc(C(=O)NCc2ccc3c(c2)OCO3)cc1Cl. The van der Waals surface area contributed by atoms with Crippen LogP contribution in [0.2, 0.25) is 5.02 Å². The van der Waals surface area contributed by atoms with Crippen LogP contribution in [0.25, 0.3) is 0 Å². The van der Waals surface area contributed by atoms with Gasteiger partial charge in [0.05, 0.1) is 12.1 Å². The van der Waals surface area contributed by atoms with Crippen molar-refractivity contribution in [3.63, 3.8) is 0 Å². The molecule has 2 aromatic rings. The lowest BCUT2D eigenvalue weighted by Crippen LogP contribution is -2.22. The molecule has 0 radical (unpaired) electrons. The molecule has 0 saturated carbocycles. The highest BCUT2D eigenvalue weighted by molar-refractivity contribution is 6.32. The van der Waals surface area contributed by atoms with Crippen molar-refractivity contribution in [1.82, 2.24) is 5.32 Å². The number of rotatable bonds is 4. The van der Waals surface area contributed by atoms with Crippen LogP contribution in [0.3, 0.4) is 0 Å². The number of nitrogens with one attached hydrogen (secondary N) is 1. The number of halogens is 1. The van der Waals surface area contributed by atoms with Crippen molar-refractivity contribution in [3.05, 3.63) is 52.5 Å². The summed E-state index contributed by atoms with van der Waals surface area (Å²) in [6.45, 7) is 0.620. The van der Waals surface area contributed by atoms with E-state index in [1.165, 1.54) is 7.11 Å². The minimum atomic E-state index is -0.206. The Balaban J connectivity index is 1.66. The van der Waals surface area contributed by atoms with Crippen LogP contribution < -0.4 is 19.5 Å². The topological polar surface area (TPSA) is 56.8 Å². The number of amides is 1. The van der Waals surface area contributed by atoms with Crippen molar-refractivity contribution in [2.45, 2.75) is 6.54 Å². The van der Waals surface area contributed by atoms with Crippen LogP contribution in [0, 0.1) is 0 Å². The summed E-state index contributed by atoms with van der Waals surface area (Å²) in [4.78, 5) is 12.1. The first-order valence-corrected chi connectivity index (χ1v) is 7.05. The molecule has 3 rings (SSSR count). The van der Waals surface area contributed by atoms with E-state index in [0.717, 1.165) is 11.3 Å². The Kier molecular flexibility index (Phi) is 4.06. The number of hydrogen-bond donors (Lipinski definition) is 1. The fourth-order valence-electron chi connectivity index (χ4n) is 2.14. The zero-order chi connectivity index (χ0) is 15.5. The van der Waals surface area contributed by atoms with Gasteiger partial charge in [0.15, 0.2) is 11.5 Å². The molecule has 0 bridgehead atoms. The summed E-state index contributed by atoms with van der Waals surface area (Å²) in [6.07, 6.45) is 0. The molecule has 0 fully saturated rings. The molecule has 0 aromatic heterocycles. The number of hydrogen-bond acceptors (Lipinski definition) is 4. The van der Waals surface area contributed by atoms with E-state index in [1.807, 2.05) is 18.2 Å². The van der Waals surface area contributed by atoms with E-state index in [9.17, 15) is 4.79 Å². The molecule has 1 N–H and O–H groups in total. The zero-order valence-electron chi connectivity index (χ0n) is 11.9. The first kappa shape index (κ1) is 14.5. The van der Waals surface area contributed by atoms with Gasteiger partial charge in [-0.15, -0.1) is 0 Å². The van der Waals surface area contributed by atoms with Crippen LogP contribution in [0.4, 0.5) is 0 Å². The minimum absolute atomic E-state index is 0.206. The number of carbonyl (C=O) groups excluding carboxylic acids is 1. The van der Waals surface area contributed by atoms with Gasteiger partial charge in [-0.1, -0.05) is 17.7 Å². The Bertz CT molecular complexity index is 717. The monoisotopic (exact) mass is 319 g/mol. The van der Waals surface area contributed by atoms with Crippen LogP contribution in [0.1, 0.15) is 15.9 Å². The molecular formula is C16H14ClNO4. The van der Waals surface area contributed by atoms with Crippen LogP contribution in [0.5, 0.6) is 17.2 Å². The van der Waals surface area contributed by atoms with E-state index < -0.39 is 0 Å². The van der Waals surface area contributed by atoms with Crippen LogP contribution in [-0.4, -0.2) is 19.8 Å². The molecule has 1 amide bonds. The highest BCUT2D eigenvalue weighted by Crippen LogP contribution is 2.32. The lowest BCUT2D eigenvalue weighted by atomic mass is 10.1. The third-order valence-electron chi connectivity index (χ3n) is 3.30. The van der Waals surface area contributed by atoms with Crippen molar-refractivity contribution in [2.75, 3.05) is 13.9 Å². The van der Waals surface area contributed by atoms with Crippen LogP contribution in [0.15, 0.2) is 36.4 Å². The van der Waals surface area contributed by atoms with Crippen LogP contribution in [-0.2, 0) is 6.54 Å². The van der Waals surface area contributed by atoms with Crippen molar-refractivity contribution in [1.29, 1.82) is 0 Å². The lowest BCUT2D eigenvalue weighted by Gasteiger charge is -2.08. The van der Waals surface area contributed by atoms with Crippen LogP contribution >= 0.6 is 11.6 Å². The second kappa shape index (κ2) is 6.15. The molecule has 0 saturated heterocycles. The van der Waals surface area contributed by atoms with Gasteiger partial charge in [0.25, 0.3) is 5.91 Å². The smallest absolute Gasteiger partial charge is 0.251 e. The van der Waals surface area contributed by atoms with Gasteiger partial charge < -0.3 is 19.5 Å². The molecule has 0 atom stereocenters. The fraction of sp³-hybridized carbons (Fsp3) is 0.188. The molecule has 6 heteroatoms. The Hall–Kier alpha value is -2.40. The van der Waals surface area contributed by atoms with Gasteiger partial charge in [-0.05, 0) is 35.9 Å². The number of fused-ring (bicyclic) bond motifs is 1. The normalized spacial score (nSPS) is 12.1. The van der Waals surface area contributed by atoms with E-state index in [-0.39, 0.29) is 12.7 Å². The summed E-state index contributed by atoms with van der Waals surface area (Å²) in [5.41, 5.74) is 1.41. The molecule has 1 aliphatic heterocycles. The van der Waals surface area contributed by atoms with Crippen molar-refractivity contribution in [2.24, 2.45) is 0 Å². The number of ether oxygens (including phenoxy) is 3. The van der Waals surface area contributed by atoms with E-state index in [1.54, 1.807) is 18.2 Å². The predicted molar refractivity (Wildman–Crippen MR) is 81.7 cm³/mol. The molecular weight excluding hydrogens is 306 g/mol. The van der Waals surface area contributed by atoms with Gasteiger partial charge in [0, 0.05) is 12.1 Å². The average Bonchev–Trinajstić information content (AvgIpc) is 3.00. The fourth-order valence-corrected chi connectivity index (χ4v) is 2.40. The summed E-state index contributed by atoms with van der Waals surface area (Å²) in [5.74, 6) is 1.74. The van der Waals surface area contributed by atoms with Crippen molar-refractivity contribution in [3.8, 4) is 17.2 Å². The summed E-state index contributed by atoms with van der Waals surface area (Å²) >= 11 is 6.02. The third-order valence-corrected chi connectivity index (χ3v) is 3.60. The van der Waals surface area contributed by atoms with E-state index in [4.69, 9.17) is 25.8 Å². The van der Waals surface area contributed by atoms with Crippen molar-refractivity contribution >= 4 is 17.5 Å². The standard InChI is InChI=1S/C16H14ClNO4/c1-20-13-5-3-11(7-12(13)17)16(19)18-8-10-2-4-14-15(6-10)22-9-21-14/h2-7H,8-9H2,1H3,(H,18,19). The molecule has 1 aliphatic rings. The van der Waals surface area contributed by atoms with E-state index in [2.05, 4.69) is 5.32 Å². The minimum Gasteiger partial charge on any atom is -0.495 e. The first-order valence-electron chi connectivity index (χ1n) is 6.67. The largest absolute Gasteiger partial charge is 0.495 e. The number of carbonyl (C=O) groups is 1. The number of benzene rings is 2. The number of methoxy groups -OCH3 is 1. The van der Waals surface area contributed by atoms with Gasteiger partial charge in [-0.25, -0.2) is 0 Å². The molecule has 1 heterocycles. The van der Waals surface area contributed by atoms with Gasteiger partial charge >= 0.3 is 0 Å². The first-order chi connectivity index (χ1) is 10.7. The predicted octanol–water partition coefficient (Wildman–Crippen LogP) is 3.01. The second-order valence-electron chi connectivity index (χ2n) is 4.72. The Morgan fingerprint density at radius 3 is 2.82 bits per heavy atom. The molecule has 114 valence electrons. The highest BCUT2D eigenvalue weighted by Gasteiger charge is 2.14. The molecule has 22 heavy (non-hydrogen) atoms. The maximum absolute atomic E-state index is 12.1. The van der Waals surface area contributed by atoms with E-state index in [0.29, 0.717) is 28.6 Å². The summed E-state index contributed by atoms with van der Waals surface area (Å²) in [6, 6.07) is 10.5. The lowest BCUT2D eigenvalue weighted by molar-refractivity contribution is 0.0951. The van der Waals surface area contributed by atoms with Crippen molar-refractivity contribution < 1.29 is 19.0 Å². The van der Waals surface area contributed by atoms with Gasteiger partial charge in [0.2, 0.25) is 6.79 Å². The molecule has 0 unspecified atom stereocenters. The summed E-state index contributed by atoms with van der Waals surface area (Å²) < 4.78 is 15.6. The zero-order valence-corrected chi connectivity index (χ0v) is 12.6. The van der Waals surface area contributed by atoms with Gasteiger partial charge in [-0.3, -0.25) is 4.79 Å². The average molecular weight is 320 g/mol. The second-order valence-corrected chi connectivity index (χ2v) is 5.13. The molecule has 2 aromatic carbocycles. The summed E-state index contributed by atoms with van der Waals surface area (Å²) in [5, 5.41) is 3.24. The Morgan fingerprint density at radius 1 is 1.23 bits per heavy atom.